The zero-order chi connectivity index (χ0) is 7.68. The van der Waals surface area contributed by atoms with Gasteiger partial charge in [0.15, 0.2) is 5.65 Å². The maximum absolute atomic E-state index is 8.56. The van der Waals surface area contributed by atoms with Gasteiger partial charge in [0.1, 0.15) is 24.3 Å². The van der Waals surface area contributed by atoms with Gasteiger partial charge >= 0.3 is 0 Å². The van der Waals surface area contributed by atoms with Gasteiger partial charge in [-0.25, -0.2) is 14.5 Å². The van der Waals surface area contributed by atoms with Crippen LogP contribution in [0.3, 0.4) is 0 Å². The molecule has 2 aromatic rings. The summed E-state index contributed by atoms with van der Waals surface area (Å²) in [6, 6.07) is 1.98. The summed E-state index contributed by atoms with van der Waals surface area (Å²) in [5.74, 6) is 0. The van der Waals surface area contributed by atoms with Crippen molar-refractivity contribution in [3.8, 4) is 6.07 Å². The molecule has 0 aliphatic heterocycles. The molecule has 0 atom stereocenters. The van der Waals surface area contributed by atoms with Gasteiger partial charge in [0.25, 0.3) is 0 Å². The molecule has 52 valence electrons. The zero-order valence-corrected chi connectivity index (χ0v) is 5.47. The molecular formula is C6H3N5. The van der Waals surface area contributed by atoms with Crippen LogP contribution in [0.4, 0.5) is 0 Å². The van der Waals surface area contributed by atoms with Crippen LogP contribution in [0.25, 0.3) is 5.65 Å². The van der Waals surface area contributed by atoms with Crippen molar-refractivity contribution in [1.82, 2.24) is 19.6 Å². The highest BCUT2D eigenvalue weighted by Crippen LogP contribution is 2.02. The average Bonchev–Trinajstić information content (AvgIpc) is 2.47. The first-order chi connectivity index (χ1) is 5.42. The minimum atomic E-state index is 0.465. The van der Waals surface area contributed by atoms with E-state index >= 15 is 0 Å². The third-order valence-electron chi connectivity index (χ3n) is 1.31. The molecule has 0 amide bonds. The second-order valence-electron chi connectivity index (χ2n) is 1.95. The molecule has 2 heterocycles. The van der Waals surface area contributed by atoms with E-state index in [1.807, 2.05) is 6.07 Å². The van der Waals surface area contributed by atoms with Crippen LogP contribution in [-0.2, 0) is 0 Å². The fourth-order valence-corrected chi connectivity index (χ4v) is 0.829. The molecule has 0 aromatic carbocycles. The molecule has 2 aromatic heterocycles. The van der Waals surface area contributed by atoms with Crippen molar-refractivity contribution in [3.05, 3.63) is 24.4 Å². The summed E-state index contributed by atoms with van der Waals surface area (Å²) >= 11 is 0. The fraction of sp³-hybridized carbons (Fsp3) is 0. The molecule has 0 aliphatic rings. The van der Waals surface area contributed by atoms with Gasteiger partial charge in [-0.15, -0.1) is 0 Å². The van der Waals surface area contributed by atoms with Gasteiger partial charge in [-0.2, -0.15) is 10.4 Å². The highest BCUT2D eigenvalue weighted by Gasteiger charge is 2.01. The lowest BCUT2D eigenvalue weighted by Crippen LogP contribution is -1.90. The van der Waals surface area contributed by atoms with E-state index in [1.54, 1.807) is 0 Å². The maximum atomic E-state index is 8.56. The van der Waals surface area contributed by atoms with E-state index in [9.17, 15) is 0 Å². The largest absolute Gasteiger partial charge is 0.225 e. The first-order valence-electron chi connectivity index (χ1n) is 2.95. The van der Waals surface area contributed by atoms with Crippen molar-refractivity contribution in [3.63, 3.8) is 0 Å². The molecule has 0 fully saturated rings. The summed E-state index contributed by atoms with van der Waals surface area (Å²) in [6.07, 6.45) is 4.35. The lowest BCUT2D eigenvalue weighted by molar-refractivity contribution is 0.891. The van der Waals surface area contributed by atoms with E-state index in [1.165, 1.54) is 23.4 Å². The van der Waals surface area contributed by atoms with Crippen LogP contribution in [0, 0.1) is 11.3 Å². The lowest BCUT2D eigenvalue weighted by Gasteiger charge is -1.86. The summed E-state index contributed by atoms with van der Waals surface area (Å²) in [4.78, 5) is 7.62. The van der Waals surface area contributed by atoms with Crippen molar-refractivity contribution in [2.45, 2.75) is 0 Å². The van der Waals surface area contributed by atoms with Gasteiger partial charge in [-0.05, 0) is 0 Å². The number of fused-ring (bicyclic) bond motifs is 1. The van der Waals surface area contributed by atoms with Crippen LogP contribution in [0.1, 0.15) is 5.56 Å². The number of rotatable bonds is 0. The van der Waals surface area contributed by atoms with E-state index in [0.717, 1.165) is 0 Å². The number of hydrogen-bond donors (Lipinski definition) is 0. The van der Waals surface area contributed by atoms with Gasteiger partial charge in [0, 0.05) is 0 Å². The van der Waals surface area contributed by atoms with Gasteiger partial charge in [-0.1, -0.05) is 0 Å². The number of hydrogen-bond acceptors (Lipinski definition) is 4. The van der Waals surface area contributed by atoms with Crippen molar-refractivity contribution in [2.24, 2.45) is 0 Å². The molecule has 0 saturated carbocycles. The molecule has 0 N–H and O–H groups in total. The Morgan fingerprint density at radius 1 is 1.55 bits per heavy atom. The predicted octanol–water partition coefficient (Wildman–Crippen LogP) is -0.00402. The highest BCUT2D eigenvalue weighted by molar-refractivity contribution is 5.52. The number of nitrogens with zero attached hydrogens (tertiary/aromatic N) is 5. The van der Waals surface area contributed by atoms with E-state index < -0.39 is 0 Å². The molecule has 0 radical (unpaired) electrons. The third-order valence-corrected chi connectivity index (χ3v) is 1.31. The highest BCUT2D eigenvalue weighted by atomic mass is 15.3. The summed E-state index contributed by atoms with van der Waals surface area (Å²) in [5.41, 5.74) is 1.01. The quantitative estimate of drug-likeness (QED) is 0.523. The topological polar surface area (TPSA) is 66.9 Å². The molecule has 0 bridgehead atoms. The summed E-state index contributed by atoms with van der Waals surface area (Å²) < 4.78 is 1.46. The fourth-order valence-electron chi connectivity index (χ4n) is 0.829. The molecule has 11 heavy (non-hydrogen) atoms. The van der Waals surface area contributed by atoms with E-state index in [0.29, 0.717) is 11.2 Å². The second-order valence-corrected chi connectivity index (χ2v) is 1.95. The SMILES string of the molecule is N#Cc1cnn2cncnc12. The summed E-state index contributed by atoms with van der Waals surface area (Å²) in [5, 5.41) is 12.4. The van der Waals surface area contributed by atoms with Crippen LogP contribution in [-0.4, -0.2) is 19.6 Å². The molecule has 0 aliphatic carbocycles. The average molecular weight is 145 g/mol. The van der Waals surface area contributed by atoms with Gasteiger partial charge in [-0.3, -0.25) is 0 Å². The second kappa shape index (κ2) is 2.02. The van der Waals surface area contributed by atoms with Crippen LogP contribution in [0.2, 0.25) is 0 Å². The van der Waals surface area contributed by atoms with E-state index in [-0.39, 0.29) is 0 Å². The Hall–Kier alpha value is -1.96. The number of nitriles is 1. The van der Waals surface area contributed by atoms with Gasteiger partial charge in [0.2, 0.25) is 0 Å². The Labute approximate surface area is 61.9 Å². The normalized spacial score (nSPS) is 9.73. The molecule has 2 rings (SSSR count). The Morgan fingerprint density at radius 2 is 2.45 bits per heavy atom. The molecule has 0 spiro atoms. The van der Waals surface area contributed by atoms with Crippen molar-refractivity contribution in [2.75, 3.05) is 0 Å². The smallest absolute Gasteiger partial charge is 0.176 e. The minimum absolute atomic E-state index is 0.465. The minimum Gasteiger partial charge on any atom is -0.225 e. The van der Waals surface area contributed by atoms with E-state index in [4.69, 9.17) is 5.26 Å². The first kappa shape index (κ1) is 5.80. The summed E-state index contributed by atoms with van der Waals surface area (Å²) in [6.45, 7) is 0. The molecular weight excluding hydrogens is 142 g/mol. The van der Waals surface area contributed by atoms with Crippen LogP contribution < -0.4 is 0 Å². The third kappa shape index (κ3) is 0.730. The Balaban J connectivity index is 2.89. The Morgan fingerprint density at radius 3 is 3.27 bits per heavy atom. The first-order valence-corrected chi connectivity index (χ1v) is 2.95. The van der Waals surface area contributed by atoms with Crippen LogP contribution >= 0.6 is 0 Å². The Kier molecular flexibility index (Phi) is 1.07. The van der Waals surface area contributed by atoms with Crippen molar-refractivity contribution < 1.29 is 0 Å². The monoisotopic (exact) mass is 145 g/mol. The van der Waals surface area contributed by atoms with Gasteiger partial charge < -0.3 is 0 Å². The molecule has 0 saturated heterocycles. The predicted molar refractivity (Wildman–Crippen MR) is 35.5 cm³/mol. The van der Waals surface area contributed by atoms with Crippen molar-refractivity contribution in [1.29, 1.82) is 5.26 Å². The Bertz CT molecular complexity index is 424. The van der Waals surface area contributed by atoms with Crippen molar-refractivity contribution >= 4 is 5.65 Å². The maximum Gasteiger partial charge on any atom is 0.176 e. The standard InChI is InChI=1S/C6H3N5/c7-1-5-2-10-11-4-8-3-9-6(5)11/h2-4H. The van der Waals surface area contributed by atoms with Crippen LogP contribution in [0.5, 0.6) is 0 Å². The van der Waals surface area contributed by atoms with Crippen LogP contribution in [0.15, 0.2) is 18.9 Å². The summed E-state index contributed by atoms with van der Waals surface area (Å²) in [7, 11) is 0. The lowest BCUT2D eigenvalue weighted by atomic mass is 10.4. The van der Waals surface area contributed by atoms with Gasteiger partial charge in [0.05, 0.1) is 6.20 Å². The van der Waals surface area contributed by atoms with E-state index in [2.05, 4.69) is 15.1 Å². The number of aromatic nitrogens is 4. The molecule has 0 unspecified atom stereocenters. The molecule has 5 nitrogen and oxygen atoms in total. The molecule has 5 heteroatoms. The zero-order valence-electron chi connectivity index (χ0n) is 5.47.